The van der Waals surface area contributed by atoms with Crippen molar-refractivity contribution < 1.29 is 13.9 Å². The summed E-state index contributed by atoms with van der Waals surface area (Å²) >= 11 is 3.38. The Morgan fingerprint density at radius 1 is 0.864 bits per heavy atom. The van der Waals surface area contributed by atoms with Gasteiger partial charge in [-0.3, -0.25) is 0 Å². The van der Waals surface area contributed by atoms with Crippen molar-refractivity contribution in [3.63, 3.8) is 0 Å². The lowest BCUT2D eigenvalue weighted by atomic mass is 9.82. The maximum Gasteiger partial charge on any atom is 0.123 e. The summed E-state index contributed by atoms with van der Waals surface area (Å²) in [6.07, 6.45) is 3.14. The fraction of sp³-hybridized carbons (Fsp3) is 0.333. The van der Waals surface area contributed by atoms with Gasteiger partial charge in [-0.05, 0) is 54.7 Å². The van der Waals surface area contributed by atoms with E-state index < -0.39 is 17.2 Å². The van der Waals surface area contributed by atoms with Crippen LogP contribution >= 0.6 is 15.9 Å². The number of hydrogen-bond donors (Lipinski definition) is 1. The van der Waals surface area contributed by atoms with E-state index >= 15 is 0 Å². The Balaban J connectivity index is 2.35. The zero-order valence-corrected chi connectivity index (χ0v) is 13.8. The van der Waals surface area contributed by atoms with Gasteiger partial charge in [-0.2, -0.15) is 0 Å². The fourth-order valence-corrected chi connectivity index (χ4v) is 3.00. The van der Waals surface area contributed by atoms with Crippen LogP contribution in [0.4, 0.5) is 8.78 Å². The summed E-state index contributed by atoms with van der Waals surface area (Å²) < 4.78 is 27.1. The fourth-order valence-electron chi connectivity index (χ4n) is 2.60. The molecule has 0 aliphatic heterocycles. The van der Waals surface area contributed by atoms with Crippen LogP contribution in [0.5, 0.6) is 0 Å². The maximum atomic E-state index is 13.5. The average molecular weight is 369 g/mol. The summed E-state index contributed by atoms with van der Waals surface area (Å²) in [5.74, 6) is -0.819. The van der Waals surface area contributed by atoms with E-state index in [1.807, 2.05) is 0 Å². The molecule has 0 amide bonds. The largest absolute Gasteiger partial charge is 0.380 e. The van der Waals surface area contributed by atoms with Gasteiger partial charge in [-0.1, -0.05) is 46.6 Å². The van der Waals surface area contributed by atoms with E-state index in [4.69, 9.17) is 0 Å². The summed E-state index contributed by atoms with van der Waals surface area (Å²) in [5, 5.41) is 12.1. The van der Waals surface area contributed by atoms with Gasteiger partial charge < -0.3 is 5.11 Å². The molecule has 0 unspecified atom stereocenters. The third kappa shape index (κ3) is 4.14. The SMILES string of the molecule is OC(CCCCCBr)(c1cccc(F)c1)c1cccc(F)c1. The number of alkyl halides is 1. The highest BCUT2D eigenvalue weighted by molar-refractivity contribution is 9.09. The van der Waals surface area contributed by atoms with Gasteiger partial charge in [0.15, 0.2) is 0 Å². The minimum absolute atomic E-state index is 0.409. The lowest BCUT2D eigenvalue weighted by Crippen LogP contribution is -2.27. The normalized spacial score (nSPS) is 11.6. The van der Waals surface area contributed by atoms with Crippen molar-refractivity contribution >= 4 is 15.9 Å². The first kappa shape index (κ1) is 17.1. The molecule has 0 aliphatic rings. The molecule has 22 heavy (non-hydrogen) atoms. The first-order chi connectivity index (χ1) is 10.6. The highest BCUT2D eigenvalue weighted by atomic mass is 79.9. The average Bonchev–Trinajstić information content (AvgIpc) is 2.51. The number of halogens is 3. The molecule has 0 radical (unpaired) electrons. The van der Waals surface area contributed by atoms with Crippen LogP contribution in [0, 0.1) is 11.6 Å². The van der Waals surface area contributed by atoms with Crippen molar-refractivity contribution in [1.29, 1.82) is 0 Å². The van der Waals surface area contributed by atoms with E-state index in [1.54, 1.807) is 24.3 Å². The van der Waals surface area contributed by atoms with Gasteiger partial charge in [0.05, 0.1) is 0 Å². The molecule has 0 heterocycles. The monoisotopic (exact) mass is 368 g/mol. The minimum atomic E-state index is -1.38. The highest BCUT2D eigenvalue weighted by Gasteiger charge is 2.31. The van der Waals surface area contributed by atoms with Crippen LogP contribution in [0.1, 0.15) is 36.8 Å². The summed E-state index contributed by atoms with van der Waals surface area (Å²) in [6.45, 7) is 0. The van der Waals surface area contributed by atoms with E-state index in [-0.39, 0.29) is 0 Å². The van der Waals surface area contributed by atoms with Crippen molar-refractivity contribution in [2.45, 2.75) is 31.3 Å². The molecule has 2 rings (SSSR count). The summed E-state index contributed by atoms with van der Waals surface area (Å²) in [6, 6.07) is 11.8. The van der Waals surface area contributed by atoms with Gasteiger partial charge >= 0.3 is 0 Å². The third-order valence-corrected chi connectivity index (χ3v) is 4.34. The number of benzene rings is 2. The van der Waals surface area contributed by atoms with Crippen molar-refractivity contribution in [2.24, 2.45) is 0 Å². The standard InChI is InChI=1S/C18H19BrF2O/c19-11-3-1-2-10-18(22,14-6-4-8-16(20)12-14)15-7-5-9-17(21)13-15/h4-9,12-13,22H,1-3,10-11H2. The predicted octanol–water partition coefficient (Wildman–Crippen LogP) is 5.16. The van der Waals surface area contributed by atoms with Crippen LogP contribution in [-0.2, 0) is 5.60 Å². The summed E-state index contributed by atoms with van der Waals surface area (Å²) in [4.78, 5) is 0. The van der Waals surface area contributed by atoms with Crippen LogP contribution in [0.2, 0.25) is 0 Å². The molecule has 0 atom stereocenters. The lowest BCUT2D eigenvalue weighted by Gasteiger charge is -2.29. The Bertz CT molecular complexity index is 570. The summed E-state index contributed by atoms with van der Waals surface area (Å²) in [5.41, 5.74) is -0.467. The molecule has 4 heteroatoms. The van der Waals surface area contributed by atoms with Gasteiger partial charge in [0, 0.05) is 5.33 Å². The van der Waals surface area contributed by atoms with E-state index in [2.05, 4.69) is 15.9 Å². The Hall–Kier alpha value is -1.26. The number of rotatable bonds is 7. The second kappa shape index (κ2) is 7.84. The molecule has 0 spiro atoms. The molecule has 1 N–H and O–H groups in total. The van der Waals surface area contributed by atoms with E-state index in [0.717, 1.165) is 24.6 Å². The minimum Gasteiger partial charge on any atom is -0.380 e. The van der Waals surface area contributed by atoms with Crippen LogP contribution in [0.25, 0.3) is 0 Å². The quantitative estimate of drug-likeness (QED) is 0.528. The van der Waals surface area contributed by atoms with Gasteiger partial charge in [0.25, 0.3) is 0 Å². The first-order valence-corrected chi connectivity index (χ1v) is 8.49. The number of hydrogen-bond acceptors (Lipinski definition) is 1. The van der Waals surface area contributed by atoms with Crippen molar-refractivity contribution in [3.8, 4) is 0 Å². The molecule has 2 aromatic carbocycles. The van der Waals surface area contributed by atoms with Crippen molar-refractivity contribution in [1.82, 2.24) is 0 Å². The first-order valence-electron chi connectivity index (χ1n) is 7.37. The molecule has 0 saturated heterocycles. The van der Waals surface area contributed by atoms with Gasteiger partial charge in [0.2, 0.25) is 0 Å². The summed E-state index contributed by atoms with van der Waals surface area (Å²) in [7, 11) is 0. The van der Waals surface area contributed by atoms with E-state index in [1.165, 1.54) is 24.3 Å². The third-order valence-electron chi connectivity index (χ3n) is 3.78. The van der Waals surface area contributed by atoms with Crippen molar-refractivity contribution in [3.05, 3.63) is 71.3 Å². The van der Waals surface area contributed by atoms with Crippen LogP contribution in [0.3, 0.4) is 0 Å². The maximum absolute atomic E-state index is 13.5. The molecule has 0 bridgehead atoms. The zero-order valence-electron chi connectivity index (χ0n) is 12.2. The molecule has 118 valence electrons. The lowest BCUT2D eigenvalue weighted by molar-refractivity contribution is 0.0674. The predicted molar refractivity (Wildman–Crippen MR) is 88.1 cm³/mol. The van der Waals surface area contributed by atoms with Crippen LogP contribution in [-0.4, -0.2) is 10.4 Å². The van der Waals surface area contributed by atoms with Crippen LogP contribution in [0.15, 0.2) is 48.5 Å². The Morgan fingerprint density at radius 3 is 1.86 bits per heavy atom. The van der Waals surface area contributed by atoms with Crippen LogP contribution < -0.4 is 0 Å². The molecule has 0 aliphatic carbocycles. The molecule has 0 aromatic heterocycles. The van der Waals surface area contributed by atoms with E-state index in [0.29, 0.717) is 17.5 Å². The molecular formula is C18H19BrF2O. The van der Waals surface area contributed by atoms with Crippen molar-refractivity contribution in [2.75, 3.05) is 5.33 Å². The number of unbranched alkanes of at least 4 members (excludes halogenated alkanes) is 2. The smallest absolute Gasteiger partial charge is 0.123 e. The van der Waals surface area contributed by atoms with Gasteiger partial charge in [0.1, 0.15) is 17.2 Å². The molecule has 1 nitrogen and oxygen atoms in total. The zero-order chi connectivity index (χ0) is 16.0. The highest BCUT2D eigenvalue weighted by Crippen LogP contribution is 2.35. The molecular weight excluding hydrogens is 350 g/mol. The van der Waals surface area contributed by atoms with E-state index in [9.17, 15) is 13.9 Å². The number of aliphatic hydroxyl groups is 1. The van der Waals surface area contributed by atoms with Gasteiger partial charge in [-0.15, -0.1) is 0 Å². The molecule has 2 aromatic rings. The second-order valence-electron chi connectivity index (χ2n) is 5.38. The molecule has 0 fully saturated rings. The second-order valence-corrected chi connectivity index (χ2v) is 6.17. The Labute approximate surface area is 138 Å². The Morgan fingerprint density at radius 2 is 1.41 bits per heavy atom. The van der Waals surface area contributed by atoms with Gasteiger partial charge in [-0.25, -0.2) is 8.78 Å². The molecule has 0 saturated carbocycles. The Kier molecular flexibility index (Phi) is 6.09. The topological polar surface area (TPSA) is 20.2 Å².